The maximum atomic E-state index is 9.52. The van der Waals surface area contributed by atoms with Gasteiger partial charge in [0.25, 0.3) is 0 Å². The number of rotatable bonds is 7. The molecule has 4 nitrogen and oxygen atoms in total. The van der Waals surface area contributed by atoms with Crippen molar-refractivity contribution in [1.82, 2.24) is 10.2 Å². The first kappa shape index (κ1) is 15.9. The average molecular weight is 258 g/mol. The minimum Gasteiger partial charge on any atom is -0.394 e. The molecule has 1 fully saturated rings. The minimum atomic E-state index is -0.158. The Bertz CT molecular complexity index is 238. The Kier molecular flexibility index (Phi) is 6.57. The summed E-state index contributed by atoms with van der Waals surface area (Å²) < 4.78 is 5.71. The highest BCUT2D eigenvalue weighted by Crippen LogP contribution is 2.17. The molecule has 0 bridgehead atoms. The number of aliphatic hydroxyl groups is 1. The van der Waals surface area contributed by atoms with Gasteiger partial charge in [0.1, 0.15) is 0 Å². The molecule has 3 unspecified atom stereocenters. The number of nitrogens with zero attached hydrogens (tertiary/aromatic N) is 1. The van der Waals surface area contributed by atoms with Gasteiger partial charge in [-0.15, -0.1) is 0 Å². The molecule has 0 amide bonds. The van der Waals surface area contributed by atoms with E-state index in [1.807, 2.05) is 0 Å². The van der Waals surface area contributed by atoms with Crippen LogP contribution in [0.25, 0.3) is 0 Å². The molecule has 0 aromatic carbocycles. The van der Waals surface area contributed by atoms with Crippen molar-refractivity contribution in [2.45, 2.75) is 58.2 Å². The molecule has 1 saturated heterocycles. The van der Waals surface area contributed by atoms with Crippen molar-refractivity contribution in [3.63, 3.8) is 0 Å². The average Bonchev–Trinajstić information content (AvgIpc) is 2.37. The predicted octanol–water partition coefficient (Wildman–Crippen LogP) is 1.24. The van der Waals surface area contributed by atoms with Gasteiger partial charge in [0, 0.05) is 24.7 Å². The molecule has 0 radical (unpaired) electrons. The summed E-state index contributed by atoms with van der Waals surface area (Å²) in [6, 6.07) is 0.533. The van der Waals surface area contributed by atoms with Crippen molar-refractivity contribution in [2.24, 2.45) is 0 Å². The standard InChI is InChI=1S/C14H30N2O2/c1-5-13-10-18-12(3)9-16(13)8-7-14(4,11-17)15-6-2/h12-13,15,17H,5-11H2,1-4H3. The van der Waals surface area contributed by atoms with Gasteiger partial charge in [-0.05, 0) is 33.2 Å². The fourth-order valence-corrected chi connectivity index (χ4v) is 2.60. The number of hydrogen-bond acceptors (Lipinski definition) is 4. The zero-order valence-electron chi connectivity index (χ0n) is 12.4. The molecule has 1 aliphatic rings. The van der Waals surface area contributed by atoms with E-state index in [0.29, 0.717) is 12.1 Å². The molecule has 2 N–H and O–H groups in total. The Morgan fingerprint density at radius 1 is 1.44 bits per heavy atom. The first-order chi connectivity index (χ1) is 8.54. The van der Waals surface area contributed by atoms with E-state index < -0.39 is 0 Å². The molecule has 0 aromatic heterocycles. The highest BCUT2D eigenvalue weighted by Gasteiger charge is 2.28. The topological polar surface area (TPSA) is 44.7 Å². The Labute approximate surface area is 112 Å². The SMILES string of the molecule is CCNC(C)(CO)CCN1CC(C)OCC1CC. The van der Waals surface area contributed by atoms with Crippen molar-refractivity contribution >= 4 is 0 Å². The third kappa shape index (κ3) is 4.50. The van der Waals surface area contributed by atoms with Crippen LogP contribution in [0.5, 0.6) is 0 Å². The van der Waals surface area contributed by atoms with Crippen LogP contribution in [-0.4, -0.2) is 60.5 Å². The van der Waals surface area contributed by atoms with Crippen LogP contribution in [0.4, 0.5) is 0 Å². The fourth-order valence-electron chi connectivity index (χ4n) is 2.60. The maximum absolute atomic E-state index is 9.52. The summed E-state index contributed by atoms with van der Waals surface area (Å²) in [5.74, 6) is 0. The van der Waals surface area contributed by atoms with E-state index in [1.165, 1.54) is 0 Å². The second-order valence-electron chi connectivity index (χ2n) is 5.70. The van der Waals surface area contributed by atoms with Crippen LogP contribution >= 0.6 is 0 Å². The van der Waals surface area contributed by atoms with Crippen molar-refractivity contribution in [1.29, 1.82) is 0 Å². The minimum absolute atomic E-state index is 0.158. The molecule has 1 aliphatic heterocycles. The molecular weight excluding hydrogens is 228 g/mol. The number of nitrogens with one attached hydrogen (secondary N) is 1. The van der Waals surface area contributed by atoms with E-state index in [2.05, 4.69) is 37.9 Å². The number of aliphatic hydroxyl groups excluding tert-OH is 1. The van der Waals surface area contributed by atoms with E-state index in [9.17, 15) is 5.11 Å². The van der Waals surface area contributed by atoms with Gasteiger partial charge < -0.3 is 15.2 Å². The van der Waals surface area contributed by atoms with E-state index >= 15 is 0 Å². The Balaban J connectivity index is 2.48. The molecular formula is C14H30N2O2. The third-order valence-corrected chi connectivity index (χ3v) is 3.96. The molecule has 1 rings (SSSR count). The zero-order chi connectivity index (χ0) is 13.6. The van der Waals surface area contributed by atoms with Crippen molar-refractivity contribution in [3.8, 4) is 0 Å². The molecule has 0 aliphatic carbocycles. The normalized spacial score (nSPS) is 29.2. The predicted molar refractivity (Wildman–Crippen MR) is 74.9 cm³/mol. The van der Waals surface area contributed by atoms with Crippen LogP contribution in [0.3, 0.4) is 0 Å². The van der Waals surface area contributed by atoms with E-state index in [0.717, 1.165) is 39.1 Å². The van der Waals surface area contributed by atoms with Crippen LogP contribution < -0.4 is 5.32 Å². The molecule has 108 valence electrons. The van der Waals surface area contributed by atoms with E-state index in [1.54, 1.807) is 0 Å². The number of ether oxygens (including phenoxy) is 1. The summed E-state index contributed by atoms with van der Waals surface area (Å²) in [7, 11) is 0. The van der Waals surface area contributed by atoms with Crippen LogP contribution in [0.15, 0.2) is 0 Å². The number of morpholine rings is 1. The largest absolute Gasteiger partial charge is 0.394 e. The van der Waals surface area contributed by atoms with Crippen molar-refractivity contribution in [3.05, 3.63) is 0 Å². The zero-order valence-corrected chi connectivity index (χ0v) is 12.4. The first-order valence-corrected chi connectivity index (χ1v) is 7.26. The Hall–Kier alpha value is -0.160. The lowest BCUT2D eigenvalue weighted by molar-refractivity contribution is -0.0586. The Morgan fingerprint density at radius 2 is 2.17 bits per heavy atom. The van der Waals surface area contributed by atoms with Crippen LogP contribution in [0.1, 0.15) is 40.5 Å². The molecule has 0 spiro atoms. The Morgan fingerprint density at radius 3 is 2.72 bits per heavy atom. The molecule has 1 heterocycles. The summed E-state index contributed by atoms with van der Waals surface area (Å²) in [4.78, 5) is 2.51. The van der Waals surface area contributed by atoms with Crippen LogP contribution in [-0.2, 0) is 4.74 Å². The van der Waals surface area contributed by atoms with Gasteiger partial charge >= 0.3 is 0 Å². The van der Waals surface area contributed by atoms with Gasteiger partial charge in [0.2, 0.25) is 0 Å². The third-order valence-electron chi connectivity index (χ3n) is 3.96. The van der Waals surface area contributed by atoms with Gasteiger partial charge in [-0.25, -0.2) is 0 Å². The molecule has 4 heteroatoms. The highest BCUT2D eigenvalue weighted by atomic mass is 16.5. The first-order valence-electron chi connectivity index (χ1n) is 7.26. The molecule has 3 atom stereocenters. The van der Waals surface area contributed by atoms with E-state index in [-0.39, 0.29) is 12.1 Å². The smallest absolute Gasteiger partial charge is 0.0674 e. The molecule has 0 saturated carbocycles. The molecule has 0 aromatic rings. The summed E-state index contributed by atoms with van der Waals surface area (Å²) >= 11 is 0. The summed E-state index contributed by atoms with van der Waals surface area (Å²) in [5, 5.41) is 12.9. The van der Waals surface area contributed by atoms with Gasteiger partial charge in [-0.2, -0.15) is 0 Å². The lowest BCUT2D eigenvalue weighted by Crippen LogP contribution is -2.53. The number of hydrogen-bond donors (Lipinski definition) is 2. The second kappa shape index (κ2) is 7.43. The van der Waals surface area contributed by atoms with Crippen LogP contribution in [0, 0.1) is 0 Å². The lowest BCUT2D eigenvalue weighted by atomic mass is 9.97. The summed E-state index contributed by atoms with van der Waals surface area (Å²) in [6.45, 7) is 12.5. The van der Waals surface area contributed by atoms with Gasteiger partial charge in [-0.1, -0.05) is 13.8 Å². The monoisotopic (exact) mass is 258 g/mol. The second-order valence-corrected chi connectivity index (χ2v) is 5.70. The van der Waals surface area contributed by atoms with Crippen LogP contribution in [0.2, 0.25) is 0 Å². The van der Waals surface area contributed by atoms with Gasteiger partial charge in [0.05, 0.1) is 19.3 Å². The quantitative estimate of drug-likeness (QED) is 0.721. The van der Waals surface area contributed by atoms with Gasteiger partial charge in [0.15, 0.2) is 0 Å². The maximum Gasteiger partial charge on any atom is 0.0674 e. The highest BCUT2D eigenvalue weighted by molar-refractivity contribution is 4.85. The summed E-state index contributed by atoms with van der Waals surface area (Å²) in [6.07, 6.45) is 2.43. The van der Waals surface area contributed by atoms with E-state index in [4.69, 9.17) is 4.74 Å². The van der Waals surface area contributed by atoms with Gasteiger partial charge in [-0.3, -0.25) is 4.90 Å². The number of likely N-dealkylation sites (N-methyl/N-ethyl adjacent to an activating group) is 1. The summed E-state index contributed by atoms with van der Waals surface area (Å²) in [5.41, 5.74) is -0.158. The fraction of sp³-hybridized carbons (Fsp3) is 1.00. The van der Waals surface area contributed by atoms with Crippen molar-refractivity contribution < 1.29 is 9.84 Å². The lowest BCUT2D eigenvalue weighted by Gasteiger charge is -2.40. The molecule has 18 heavy (non-hydrogen) atoms. The van der Waals surface area contributed by atoms with Crippen molar-refractivity contribution in [2.75, 3.05) is 32.8 Å².